The standard InChI is InChI=1S/C13H12BrF3N2O3/c1-6-18-19-12(22-6)10(5-11(20)21)7-2-8(13(15,16)17)4-9(14)3-7/h2,4,9-10H,3,5H2,1H3,(H,20,21). The average molecular weight is 381 g/mol. The molecule has 9 heteroatoms. The molecule has 1 heterocycles. The van der Waals surface area contributed by atoms with Crippen LogP contribution in [0, 0.1) is 6.92 Å². The van der Waals surface area contributed by atoms with Crippen molar-refractivity contribution in [2.45, 2.75) is 36.7 Å². The fourth-order valence-electron chi connectivity index (χ4n) is 2.21. The molecule has 120 valence electrons. The summed E-state index contributed by atoms with van der Waals surface area (Å²) in [6, 6.07) is 0. The summed E-state index contributed by atoms with van der Waals surface area (Å²) in [5.74, 6) is -1.81. The number of alkyl halides is 4. The molecule has 1 aromatic rings. The van der Waals surface area contributed by atoms with Crippen LogP contribution in [0.3, 0.4) is 0 Å². The molecule has 0 fully saturated rings. The third-order valence-corrected chi connectivity index (χ3v) is 3.71. The van der Waals surface area contributed by atoms with Crippen molar-refractivity contribution in [3.05, 3.63) is 35.1 Å². The summed E-state index contributed by atoms with van der Waals surface area (Å²) in [7, 11) is 0. The number of aromatic nitrogens is 2. The van der Waals surface area contributed by atoms with E-state index in [0.29, 0.717) is 5.57 Å². The highest BCUT2D eigenvalue weighted by Crippen LogP contribution is 2.39. The van der Waals surface area contributed by atoms with Gasteiger partial charge in [0.05, 0.1) is 17.9 Å². The Labute approximate surface area is 132 Å². The molecule has 1 aromatic heterocycles. The number of halogens is 4. The Morgan fingerprint density at radius 1 is 1.55 bits per heavy atom. The van der Waals surface area contributed by atoms with Gasteiger partial charge in [-0.3, -0.25) is 4.79 Å². The molecule has 0 radical (unpaired) electrons. The molecule has 2 unspecified atom stereocenters. The van der Waals surface area contributed by atoms with E-state index in [4.69, 9.17) is 9.52 Å². The summed E-state index contributed by atoms with van der Waals surface area (Å²) in [5.41, 5.74) is -0.523. The summed E-state index contributed by atoms with van der Waals surface area (Å²) in [6.45, 7) is 1.53. The van der Waals surface area contributed by atoms with Crippen LogP contribution in [-0.4, -0.2) is 32.3 Å². The van der Waals surface area contributed by atoms with Crippen molar-refractivity contribution in [2.24, 2.45) is 0 Å². The smallest absolute Gasteiger partial charge is 0.416 e. The van der Waals surface area contributed by atoms with E-state index >= 15 is 0 Å². The van der Waals surface area contributed by atoms with Gasteiger partial charge in [-0.15, -0.1) is 10.2 Å². The molecule has 0 bridgehead atoms. The molecule has 0 saturated heterocycles. The van der Waals surface area contributed by atoms with Crippen molar-refractivity contribution >= 4 is 21.9 Å². The fraction of sp³-hybridized carbons (Fsp3) is 0.462. The summed E-state index contributed by atoms with van der Waals surface area (Å²) in [6.07, 6.45) is -2.67. The van der Waals surface area contributed by atoms with Gasteiger partial charge in [0.25, 0.3) is 0 Å². The highest BCUT2D eigenvalue weighted by molar-refractivity contribution is 9.09. The Kier molecular flexibility index (Phi) is 4.74. The first kappa shape index (κ1) is 16.7. The van der Waals surface area contributed by atoms with Gasteiger partial charge in [-0.25, -0.2) is 0 Å². The van der Waals surface area contributed by atoms with Gasteiger partial charge in [0.1, 0.15) is 0 Å². The molecule has 22 heavy (non-hydrogen) atoms. The number of aliphatic carboxylic acids is 1. The minimum absolute atomic E-state index is 0.00859. The van der Waals surface area contributed by atoms with Crippen LogP contribution in [0.5, 0.6) is 0 Å². The van der Waals surface area contributed by atoms with E-state index in [1.54, 1.807) is 0 Å². The summed E-state index contributed by atoms with van der Waals surface area (Å²) in [5, 5.41) is 16.4. The van der Waals surface area contributed by atoms with Gasteiger partial charge in [-0.2, -0.15) is 13.2 Å². The SMILES string of the molecule is Cc1nnc(C(CC(=O)O)C2=CC(C(F)(F)F)=CC(Br)C2)o1. The van der Waals surface area contributed by atoms with Crippen LogP contribution < -0.4 is 0 Å². The van der Waals surface area contributed by atoms with E-state index < -0.39 is 34.9 Å². The zero-order valence-electron chi connectivity index (χ0n) is 11.4. The molecule has 1 N–H and O–H groups in total. The lowest BCUT2D eigenvalue weighted by Gasteiger charge is -2.23. The predicted molar refractivity (Wildman–Crippen MR) is 73.6 cm³/mol. The van der Waals surface area contributed by atoms with E-state index in [2.05, 4.69) is 26.1 Å². The quantitative estimate of drug-likeness (QED) is 0.808. The minimum Gasteiger partial charge on any atom is -0.481 e. The van der Waals surface area contributed by atoms with Crippen LogP contribution in [0.25, 0.3) is 0 Å². The fourth-order valence-corrected chi connectivity index (χ4v) is 2.87. The summed E-state index contributed by atoms with van der Waals surface area (Å²) < 4.78 is 44.0. The monoisotopic (exact) mass is 380 g/mol. The number of carboxylic acid groups (broad SMARTS) is 1. The normalized spacial score (nSPS) is 20.3. The molecule has 0 spiro atoms. The number of allylic oxidation sites excluding steroid dienone is 4. The molecular formula is C13H12BrF3N2O3. The number of carboxylic acids is 1. The van der Waals surface area contributed by atoms with E-state index in [1.165, 1.54) is 6.92 Å². The zero-order chi connectivity index (χ0) is 16.5. The Morgan fingerprint density at radius 2 is 2.23 bits per heavy atom. The second-order valence-electron chi connectivity index (χ2n) is 4.87. The van der Waals surface area contributed by atoms with Crippen LogP contribution in [0.15, 0.2) is 27.7 Å². The van der Waals surface area contributed by atoms with Crippen LogP contribution in [0.1, 0.15) is 30.5 Å². The van der Waals surface area contributed by atoms with Crippen molar-refractivity contribution < 1.29 is 27.5 Å². The Hall–Kier alpha value is -1.64. The first-order chi connectivity index (χ1) is 10.2. The van der Waals surface area contributed by atoms with Crippen LogP contribution >= 0.6 is 15.9 Å². The zero-order valence-corrected chi connectivity index (χ0v) is 13.0. The minimum atomic E-state index is -4.50. The third kappa shape index (κ3) is 3.96. The molecule has 1 aliphatic rings. The maximum atomic E-state index is 12.9. The molecule has 5 nitrogen and oxygen atoms in total. The van der Waals surface area contributed by atoms with Crippen molar-refractivity contribution in [1.82, 2.24) is 10.2 Å². The number of rotatable bonds is 4. The van der Waals surface area contributed by atoms with Gasteiger partial charge >= 0.3 is 12.1 Å². The number of hydrogen-bond donors (Lipinski definition) is 1. The van der Waals surface area contributed by atoms with Crippen molar-refractivity contribution in [1.29, 1.82) is 0 Å². The van der Waals surface area contributed by atoms with E-state index in [-0.39, 0.29) is 18.2 Å². The van der Waals surface area contributed by atoms with E-state index in [0.717, 1.165) is 12.2 Å². The van der Waals surface area contributed by atoms with Gasteiger partial charge in [-0.1, -0.05) is 33.7 Å². The second kappa shape index (κ2) is 6.23. The van der Waals surface area contributed by atoms with Crippen LogP contribution in [-0.2, 0) is 4.79 Å². The molecule has 2 atom stereocenters. The lowest BCUT2D eigenvalue weighted by molar-refractivity contribution is -0.137. The Balaban J connectivity index is 2.41. The highest BCUT2D eigenvalue weighted by atomic mass is 79.9. The lowest BCUT2D eigenvalue weighted by Crippen LogP contribution is -2.20. The maximum Gasteiger partial charge on any atom is 0.416 e. The average Bonchev–Trinajstić information content (AvgIpc) is 2.80. The van der Waals surface area contributed by atoms with Crippen LogP contribution in [0.2, 0.25) is 0 Å². The maximum absolute atomic E-state index is 12.9. The predicted octanol–water partition coefficient (Wildman–Crippen LogP) is 3.52. The van der Waals surface area contributed by atoms with Gasteiger partial charge in [0.2, 0.25) is 11.8 Å². The Bertz CT molecular complexity index is 637. The Morgan fingerprint density at radius 3 is 2.73 bits per heavy atom. The molecule has 1 aliphatic carbocycles. The van der Waals surface area contributed by atoms with Gasteiger partial charge in [0.15, 0.2) is 0 Å². The highest BCUT2D eigenvalue weighted by Gasteiger charge is 2.37. The molecule has 0 aliphatic heterocycles. The topological polar surface area (TPSA) is 76.2 Å². The molecule has 0 saturated carbocycles. The number of hydrogen-bond acceptors (Lipinski definition) is 4. The van der Waals surface area contributed by atoms with Crippen molar-refractivity contribution in [3.8, 4) is 0 Å². The summed E-state index contributed by atoms with van der Waals surface area (Å²) >= 11 is 3.14. The first-order valence-corrected chi connectivity index (χ1v) is 7.23. The molecule has 0 amide bonds. The van der Waals surface area contributed by atoms with Gasteiger partial charge in [0, 0.05) is 11.8 Å². The number of nitrogens with zero attached hydrogens (tertiary/aromatic N) is 2. The van der Waals surface area contributed by atoms with E-state index in [1.807, 2.05) is 0 Å². The van der Waals surface area contributed by atoms with Crippen molar-refractivity contribution in [2.75, 3.05) is 0 Å². The molecule has 2 rings (SSSR count). The van der Waals surface area contributed by atoms with Gasteiger partial charge in [-0.05, 0) is 6.42 Å². The van der Waals surface area contributed by atoms with Gasteiger partial charge < -0.3 is 9.52 Å². The largest absolute Gasteiger partial charge is 0.481 e. The lowest BCUT2D eigenvalue weighted by atomic mass is 9.87. The molecule has 0 aromatic carbocycles. The van der Waals surface area contributed by atoms with Crippen molar-refractivity contribution in [3.63, 3.8) is 0 Å². The number of carbonyl (C=O) groups is 1. The van der Waals surface area contributed by atoms with E-state index in [9.17, 15) is 18.0 Å². The number of aryl methyl sites for hydroxylation is 1. The van der Waals surface area contributed by atoms with Crippen LogP contribution in [0.4, 0.5) is 13.2 Å². The first-order valence-electron chi connectivity index (χ1n) is 6.32. The summed E-state index contributed by atoms with van der Waals surface area (Å²) in [4.78, 5) is 10.5. The third-order valence-electron chi connectivity index (χ3n) is 3.13. The molecular weight excluding hydrogens is 369 g/mol. The second-order valence-corrected chi connectivity index (χ2v) is 6.05.